The summed E-state index contributed by atoms with van der Waals surface area (Å²) in [5, 5.41) is 17.9. The van der Waals surface area contributed by atoms with Gasteiger partial charge in [0.2, 0.25) is 0 Å². The smallest absolute Gasteiger partial charge is 0.345 e. The number of carbonyl (C=O) groups excluding carboxylic acids is 4. The van der Waals surface area contributed by atoms with E-state index in [1.807, 2.05) is 0 Å². The van der Waals surface area contributed by atoms with Gasteiger partial charge in [-0.1, -0.05) is 19.3 Å². The molecule has 0 unspecified atom stereocenters. The molecular weight excluding hydrogens is 448 g/mol. The Morgan fingerprint density at radius 1 is 0.559 bits per heavy atom. The van der Waals surface area contributed by atoms with Crippen LogP contribution in [0, 0.1) is 5.41 Å². The van der Waals surface area contributed by atoms with E-state index in [0.29, 0.717) is 12.8 Å². The highest BCUT2D eigenvalue weighted by atomic mass is 16.6. The van der Waals surface area contributed by atoms with Crippen LogP contribution in [0.25, 0.3) is 0 Å². The Morgan fingerprint density at radius 3 is 1.21 bits per heavy atom. The maximum Gasteiger partial charge on any atom is 0.345 e. The van der Waals surface area contributed by atoms with Crippen LogP contribution < -0.4 is 0 Å². The number of rotatable bonds is 6. The number of ether oxygens (including phenoxy) is 2. The van der Waals surface area contributed by atoms with E-state index >= 15 is 0 Å². The fraction of sp³-hybridized carbons (Fsp3) is 0.250. The zero-order chi connectivity index (χ0) is 24.9. The Labute approximate surface area is 193 Å². The van der Waals surface area contributed by atoms with Gasteiger partial charge in [0.1, 0.15) is 0 Å². The van der Waals surface area contributed by atoms with E-state index in [1.165, 1.54) is 48.5 Å². The molecule has 1 saturated carbocycles. The van der Waals surface area contributed by atoms with Gasteiger partial charge >= 0.3 is 35.8 Å². The van der Waals surface area contributed by atoms with Gasteiger partial charge in [-0.05, 0) is 61.4 Å². The van der Waals surface area contributed by atoms with Crippen LogP contribution in [0.15, 0.2) is 48.5 Å². The third-order valence-electron chi connectivity index (χ3n) is 5.59. The number of carboxylic acid groups (broad SMARTS) is 2. The number of benzene rings is 2. The fourth-order valence-corrected chi connectivity index (χ4v) is 3.63. The fourth-order valence-electron chi connectivity index (χ4n) is 3.63. The SMILES string of the molecule is O=C(O)c1ccc(C(=O)OC(=O)C2(C(=O)OC(=O)c3ccc(C(=O)O)cc3)CCCCC2)cc1. The van der Waals surface area contributed by atoms with Crippen LogP contribution >= 0.6 is 0 Å². The molecule has 0 atom stereocenters. The van der Waals surface area contributed by atoms with Gasteiger partial charge in [0, 0.05) is 0 Å². The zero-order valence-electron chi connectivity index (χ0n) is 17.8. The minimum Gasteiger partial charge on any atom is -0.478 e. The second kappa shape index (κ2) is 10.1. The van der Waals surface area contributed by atoms with Crippen molar-refractivity contribution < 1.29 is 48.5 Å². The van der Waals surface area contributed by atoms with E-state index in [0.717, 1.165) is 6.42 Å². The minimum atomic E-state index is -1.86. The van der Waals surface area contributed by atoms with Gasteiger partial charge < -0.3 is 19.7 Å². The molecule has 0 aliphatic heterocycles. The first-order chi connectivity index (χ1) is 16.1. The number of carbonyl (C=O) groups is 6. The van der Waals surface area contributed by atoms with Gasteiger partial charge in [0.25, 0.3) is 0 Å². The lowest BCUT2D eigenvalue weighted by Crippen LogP contribution is -2.45. The molecule has 2 aromatic carbocycles. The van der Waals surface area contributed by atoms with Crippen molar-refractivity contribution in [3.05, 3.63) is 70.8 Å². The van der Waals surface area contributed by atoms with Crippen LogP contribution in [0.2, 0.25) is 0 Å². The van der Waals surface area contributed by atoms with Crippen molar-refractivity contribution in [1.29, 1.82) is 0 Å². The number of esters is 4. The minimum absolute atomic E-state index is 0.0150. The van der Waals surface area contributed by atoms with Gasteiger partial charge in [-0.3, -0.25) is 9.59 Å². The van der Waals surface area contributed by atoms with Crippen LogP contribution in [-0.4, -0.2) is 46.0 Å². The molecule has 10 nitrogen and oxygen atoms in total. The molecule has 2 N–H and O–H groups in total. The predicted octanol–water partition coefficient (Wildman–Crippen LogP) is 3.10. The Bertz CT molecular complexity index is 1050. The van der Waals surface area contributed by atoms with Crippen molar-refractivity contribution in [2.24, 2.45) is 5.41 Å². The molecule has 0 radical (unpaired) electrons. The molecule has 0 spiro atoms. The van der Waals surface area contributed by atoms with Gasteiger partial charge in [-0.2, -0.15) is 0 Å². The quantitative estimate of drug-likeness (QED) is 0.476. The van der Waals surface area contributed by atoms with Crippen LogP contribution in [-0.2, 0) is 19.1 Å². The first kappa shape index (κ1) is 24.3. The molecule has 0 saturated heterocycles. The Kier molecular flexibility index (Phi) is 7.20. The Hall–Kier alpha value is -4.34. The normalized spacial score (nSPS) is 14.5. The average Bonchev–Trinajstić information content (AvgIpc) is 2.84. The lowest BCUT2D eigenvalue weighted by atomic mass is 9.74. The molecule has 0 amide bonds. The molecule has 3 rings (SSSR count). The molecule has 1 fully saturated rings. The predicted molar refractivity (Wildman–Crippen MR) is 113 cm³/mol. The standard InChI is InChI=1S/C24H20O10/c25-18(26)14-4-8-16(9-5-14)20(29)33-22(31)24(12-2-1-3-13-24)23(32)34-21(30)17-10-6-15(7-11-17)19(27)28/h4-11H,1-3,12-13H2,(H,25,26)(H,27,28). The maximum absolute atomic E-state index is 12.9. The molecule has 176 valence electrons. The Morgan fingerprint density at radius 2 is 0.882 bits per heavy atom. The largest absolute Gasteiger partial charge is 0.478 e. The van der Waals surface area contributed by atoms with Crippen molar-refractivity contribution >= 4 is 35.8 Å². The van der Waals surface area contributed by atoms with E-state index in [4.69, 9.17) is 19.7 Å². The van der Waals surface area contributed by atoms with Crippen molar-refractivity contribution in [2.75, 3.05) is 0 Å². The van der Waals surface area contributed by atoms with E-state index in [1.54, 1.807) is 0 Å². The van der Waals surface area contributed by atoms with Crippen molar-refractivity contribution in [3.8, 4) is 0 Å². The number of carboxylic acids is 2. The van der Waals surface area contributed by atoms with Crippen molar-refractivity contribution in [1.82, 2.24) is 0 Å². The third kappa shape index (κ3) is 5.17. The highest BCUT2D eigenvalue weighted by Gasteiger charge is 2.51. The molecule has 34 heavy (non-hydrogen) atoms. The topological polar surface area (TPSA) is 161 Å². The molecule has 0 aromatic heterocycles. The molecule has 0 bridgehead atoms. The van der Waals surface area contributed by atoms with Crippen LogP contribution in [0.1, 0.15) is 73.5 Å². The van der Waals surface area contributed by atoms with Crippen molar-refractivity contribution in [2.45, 2.75) is 32.1 Å². The third-order valence-corrected chi connectivity index (χ3v) is 5.59. The summed E-state index contributed by atoms with van der Waals surface area (Å²) in [6.07, 6.45) is 1.69. The maximum atomic E-state index is 12.9. The van der Waals surface area contributed by atoms with Gasteiger partial charge in [0.05, 0.1) is 22.3 Å². The summed E-state index contributed by atoms with van der Waals surface area (Å²) in [5.41, 5.74) is -2.17. The van der Waals surface area contributed by atoms with Crippen LogP contribution in [0.3, 0.4) is 0 Å². The molecular formula is C24H20O10. The summed E-state index contributed by atoms with van der Waals surface area (Å²) in [7, 11) is 0. The zero-order valence-corrected chi connectivity index (χ0v) is 17.8. The number of aromatic carboxylic acids is 2. The van der Waals surface area contributed by atoms with E-state index in [2.05, 4.69) is 0 Å². The van der Waals surface area contributed by atoms with Gasteiger partial charge in [-0.15, -0.1) is 0 Å². The molecule has 2 aromatic rings. The highest BCUT2D eigenvalue weighted by Crippen LogP contribution is 2.39. The second-order valence-corrected chi connectivity index (χ2v) is 7.76. The van der Waals surface area contributed by atoms with E-state index < -0.39 is 41.2 Å². The summed E-state index contributed by atoms with van der Waals surface area (Å²) in [6.45, 7) is 0. The first-order valence-electron chi connectivity index (χ1n) is 10.3. The number of hydrogen-bond donors (Lipinski definition) is 2. The van der Waals surface area contributed by atoms with Crippen LogP contribution in [0.4, 0.5) is 0 Å². The summed E-state index contributed by atoms with van der Waals surface area (Å²) < 4.78 is 9.85. The van der Waals surface area contributed by atoms with Crippen LogP contribution in [0.5, 0.6) is 0 Å². The Balaban J connectivity index is 1.75. The average molecular weight is 468 g/mol. The lowest BCUT2D eigenvalue weighted by molar-refractivity contribution is -0.167. The monoisotopic (exact) mass is 468 g/mol. The molecule has 0 heterocycles. The number of hydrogen-bond acceptors (Lipinski definition) is 8. The summed E-state index contributed by atoms with van der Waals surface area (Å²) >= 11 is 0. The van der Waals surface area contributed by atoms with Gasteiger partial charge in [-0.25, -0.2) is 19.2 Å². The molecule has 10 heteroatoms. The van der Waals surface area contributed by atoms with Crippen molar-refractivity contribution in [3.63, 3.8) is 0 Å². The first-order valence-corrected chi connectivity index (χ1v) is 10.3. The van der Waals surface area contributed by atoms with E-state index in [-0.39, 0.29) is 35.1 Å². The van der Waals surface area contributed by atoms with Gasteiger partial charge in [0.15, 0.2) is 5.41 Å². The summed E-state index contributed by atoms with van der Waals surface area (Å²) in [4.78, 5) is 72.6. The molecule has 1 aliphatic rings. The summed E-state index contributed by atoms with van der Waals surface area (Å²) in [5.74, 6) is -6.84. The van der Waals surface area contributed by atoms with E-state index in [9.17, 15) is 28.8 Å². The highest BCUT2D eigenvalue weighted by molar-refractivity contribution is 6.10. The lowest BCUT2D eigenvalue weighted by Gasteiger charge is -2.31. The summed E-state index contributed by atoms with van der Waals surface area (Å²) in [6, 6.07) is 9.38. The molecule has 1 aliphatic carbocycles. The second-order valence-electron chi connectivity index (χ2n) is 7.76.